The van der Waals surface area contributed by atoms with Crippen molar-refractivity contribution in [2.75, 3.05) is 0 Å². The van der Waals surface area contributed by atoms with E-state index in [4.69, 9.17) is 9.94 Å². The minimum absolute atomic E-state index is 0.0326. The van der Waals surface area contributed by atoms with E-state index in [0.29, 0.717) is 6.42 Å². The third kappa shape index (κ3) is 5.53. The lowest BCUT2D eigenvalue weighted by atomic mass is 10.1. The van der Waals surface area contributed by atoms with Crippen LogP contribution in [0, 0.1) is 10.1 Å². The van der Waals surface area contributed by atoms with Gasteiger partial charge in [-0.25, -0.2) is 0 Å². The lowest BCUT2D eigenvalue weighted by Gasteiger charge is -2.01. The number of oxime groups is 1. The molecule has 0 bridgehead atoms. The molecule has 0 fully saturated rings. The number of carboxylic acids is 1. The number of aryl methyl sites for hydroxylation is 1. The second-order valence-corrected chi connectivity index (χ2v) is 5.07. The van der Waals surface area contributed by atoms with E-state index >= 15 is 0 Å². The molecule has 2 aromatic rings. The topological polar surface area (TPSA) is 102 Å². The first-order chi connectivity index (χ1) is 11.5. The van der Waals surface area contributed by atoms with Crippen LogP contribution in [0.15, 0.2) is 53.7 Å². The van der Waals surface area contributed by atoms with Crippen molar-refractivity contribution in [3.63, 3.8) is 0 Å². The zero-order valence-corrected chi connectivity index (χ0v) is 12.8. The van der Waals surface area contributed by atoms with E-state index in [1.807, 2.05) is 24.3 Å². The highest BCUT2D eigenvalue weighted by Crippen LogP contribution is 2.12. The molecule has 0 aliphatic heterocycles. The van der Waals surface area contributed by atoms with Crippen LogP contribution in [-0.4, -0.2) is 22.2 Å². The third-order valence-electron chi connectivity index (χ3n) is 3.26. The number of aliphatic carboxylic acids is 1. The van der Waals surface area contributed by atoms with Gasteiger partial charge in [-0.2, -0.15) is 0 Å². The molecule has 1 N–H and O–H groups in total. The molecule has 2 rings (SSSR count). The lowest BCUT2D eigenvalue weighted by molar-refractivity contribution is -0.384. The molecule has 0 saturated carbocycles. The summed E-state index contributed by atoms with van der Waals surface area (Å²) >= 11 is 0. The number of non-ortho nitro benzene ring substituents is 1. The predicted octanol–water partition coefficient (Wildman–Crippen LogP) is 3.16. The molecule has 0 aliphatic carbocycles. The molecule has 24 heavy (non-hydrogen) atoms. The van der Waals surface area contributed by atoms with Crippen molar-refractivity contribution in [3.8, 4) is 0 Å². The van der Waals surface area contributed by atoms with Crippen molar-refractivity contribution >= 4 is 17.9 Å². The van der Waals surface area contributed by atoms with E-state index < -0.39 is 10.9 Å². The monoisotopic (exact) mass is 328 g/mol. The Labute approximate surface area is 138 Å². The summed E-state index contributed by atoms with van der Waals surface area (Å²) in [5, 5.41) is 23.0. The van der Waals surface area contributed by atoms with E-state index in [0.717, 1.165) is 16.7 Å². The number of hydrogen-bond acceptors (Lipinski definition) is 5. The maximum Gasteiger partial charge on any atom is 0.303 e. The van der Waals surface area contributed by atoms with Crippen LogP contribution in [0.3, 0.4) is 0 Å². The number of benzene rings is 2. The molecule has 0 spiro atoms. The minimum atomic E-state index is -0.819. The van der Waals surface area contributed by atoms with E-state index in [2.05, 4.69) is 5.16 Å². The molecule has 0 atom stereocenters. The highest BCUT2D eigenvalue weighted by atomic mass is 16.6. The van der Waals surface area contributed by atoms with Gasteiger partial charge in [0.2, 0.25) is 0 Å². The molecule has 2 aromatic carbocycles. The highest BCUT2D eigenvalue weighted by Gasteiger charge is 2.03. The number of rotatable bonds is 8. The van der Waals surface area contributed by atoms with Gasteiger partial charge in [0, 0.05) is 18.6 Å². The molecule has 0 unspecified atom stereocenters. The summed E-state index contributed by atoms with van der Waals surface area (Å²) < 4.78 is 0. The Morgan fingerprint density at radius 3 is 2.33 bits per heavy atom. The first-order valence-electron chi connectivity index (χ1n) is 7.24. The van der Waals surface area contributed by atoms with Crippen molar-refractivity contribution in [2.24, 2.45) is 5.16 Å². The molecular formula is C17H16N2O5. The van der Waals surface area contributed by atoms with Crippen LogP contribution in [-0.2, 0) is 22.7 Å². The van der Waals surface area contributed by atoms with Gasteiger partial charge < -0.3 is 9.94 Å². The van der Waals surface area contributed by atoms with Gasteiger partial charge >= 0.3 is 5.97 Å². The Morgan fingerprint density at radius 2 is 1.75 bits per heavy atom. The Bertz CT molecular complexity index is 724. The van der Waals surface area contributed by atoms with Crippen LogP contribution >= 0.6 is 0 Å². The number of nitro benzene ring substituents is 1. The van der Waals surface area contributed by atoms with Gasteiger partial charge in [0.25, 0.3) is 5.69 Å². The zero-order chi connectivity index (χ0) is 17.4. The zero-order valence-electron chi connectivity index (χ0n) is 12.8. The van der Waals surface area contributed by atoms with Crippen LogP contribution in [0.4, 0.5) is 5.69 Å². The highest BCUT2D eigenvalue weighted by molar-refractivity contribution is 5.79. The Morgan fingerprint density at radius 1 is 1.12 bits per heavy atom. The number of carbonyl (C=O) groups is 1. The van der Waals surface area contributed by atoms with Gasteiger partial charge in [0.15, 0.2) is 0 Å². The molecule has 0 aliphatic rings. The molecular weight excluding hydrogens is 312 g/mol. The van der Waals surface area contributed by atoms with Crippen LogP contribution in [0.5, 0.6) is 0 Å². The Kier molecular flexibility index (Phi) is 6.01. The van der Waals surface area contributed by atoms with Gasteiger partial charge in [-0.1, -0.05) is 29.4 Å². The van der Waals surface area contributed by atoms with Crippen molar-refractivity contribution < 1.29 is 19.7 Å². The van der Waals surface area contributed by atoms with Gasteiger partial charge in [0.1, 0.15) is 6.61 Å². The van der Waals surface area contributed by atoms with E-state index in [9.17, 15) is 14.9 Å². The Balaban J connectivity index is 1.81. The average molecular weight is 328 g/mol. The third-order valence-corrected chi connectivity index (χ3v) is 3.26. The summed E-state index contributed by atoms with van der Waals surface area (Å²) in [6, 6.07) is 13.4. The van der Waals surface area contributed by atoms with Crippen LogP contribution in [0.25, 0.3) is 0 Å². The second-order valence-electron chi connectivity index (χ2n) is 5.07. The standard InChI is InChI=1S/C17H16N2O5/c20-17(21)10-7-13-1-3-14(4-2-13)11-18-24-12-15-5-8-16(9-6-15)19(22)23/h1-6,8-9,11H,7,10,12H2,(H,20,21)/b18-11+. The number of nitro groups is 1. The summed E-state index contributed by atoms with van der Waals surface area (Å²) in [6.45, 7) is 0.213. The fourth-order valence-electron chi connectivity index (χ4n) is 1.95. The molecule has 0 radical (unpaired) electrons. The summed E-state index contributed by atoms with van der Waals surface area (Å²) in [7, 11) is 0. The maximum atomic E-state index is 10.5. The quantitative estimate of drug-likeness (QED) is 0.455. The smallest absolute Gasteiger partial charge is 0.303 e. The molecule has 7 heteroatoms. The molecule has 0 amide bonds. The molecule has 7 nitrogen and oxygen atoms in total. The first kappa shape index (κ1) is 17.1. The maximum absolute atomic E-state index is 10.5. The summed E-state index contributed by atoms with van der Waals surface area (Å²) in [5.74, 6) is -0.819. The molecule has 0 aromatic heterocycles. The summed E-state index contributed by atoms with van der Waals surface area (Å²) in [6.07, 6.45) is 2.14. The van der Waals surface area contributed by atoms with Gasteiger partial charge in [-0.3, -0.25) is 14.9 Å². The van der Waals surface area contributed by atoms with E-state index in [-0.39, 0.29) is 18.7 Å². The number of nitrogens with zero attached hydrogens (tertiary/aromatic N) is 2. The van der Waals surface area contributed by atoms with Crippen LogP contribution in [0.2, 0.25) is 0 Å². The first-order valence-corrected chi connectivity index (χ1v) is 7.24. The SMILES string of the molecule is O=C(O)CCc1ccc(/C=N/OCc2ccc([N+](=O)[O-])cc2)cc1. The Hall–Kier alpha value is -3.22. The van der Waals surface area contributed by atoms with Gasteiger partial charge in [-0.05, 0) is 35.2 Å². The summed E-state index contributed by atoms with van der Waals surface area (Å²) in [5.41, 5.74) is 2.59. The summed E-state index contributed by atoms with van der Waals surface area (Å²) in [4.78, 5) is 25.8. The van der Waals surface area contributed by atoms with Crippen molar-refractivity contribution in [3.05, 3.63) is 75.3 Å². The minimum Gasteiger partial charge on any atom is -0.481 e. The molecule has 0 saturated heterocycles. The van der Waals surface area contributed by atoms with Crippen molar-refractivity contribution in [2.45, 2.75) is 19.4 Å². The molecule has 0 heterocycles. The fraction of sp³-hybridized carbons (Fsp3) is 0.176. The number of hydrogen-bond donors (Lipinski definition) is 1. The van der Waals surface area contributed by atoms with Crippen molar-refractivity contribution in [1.29, 1.82) is 0 Å². The predicted molar refractivity (Wildman–Crippen MR) is 87.9 cm³/mol. The molecule has 124 valence electrons. The average Bonchev–Trinajstić information content (AvgIpc) is 2.58. The lowest BCUT2D eigenvalue weighted by Crippen LogP contribution is -1.97. The van der Waals surface area contributed by atoms with E-state index in [1.54, 1.807) is 18.3 Å². The fourth-order valence-corrected chi connectivity index (χ4v) is 1.95. The van der Waals surface area contributed by atoms with Crippen LogP contribution < -0.4 is 0 Å². The van der Waals surface area contributed by atoms with Gasteiger partial charge in [0.05, 0.1) is 11.1 Å². The number of carboxylic acid groups (broad SMARTS) is 1. The largest absolute Gasteiger partial charge is 0.481 e. The second kappa shape index (κ2) is 8.42. The van der Waals surface area contributed by atoms with Crippen LogP contribution in [0.1, 0.15) is 23.1 Å². The van der Waals surface area contributed by atoms with Crippen molar-refractivity contribution in [1.82, 2.24) is 0 Å². The van der Waals surface area contributed by atoms with Gasteiger partial charge in [-0.15, -0.1) is 0 Å². The normalized spacial score (nSPS) is 10.7. The van der Waals surface area contributed by atoms with E-state index in [1.165, 1.54) is 12.1 Å².